The van der Waals surface area contributed by atoms with Crippen molar-refractivity contribution in [2.45, 2.75) is 11.5 Å². The summed E-state index contributed by atoms with van der Waals surface area (Å²) >= 11 is -2.39. The predicted octanol–water partition coefficient (Wildman–Crippen LogP) is 3.12. The van der Waals surface area contributed by atoms with Gasteiger partial charge in [0, 0.05) is 0 Å². The van der Waals surface area contributed by atoms with Gasteiger partial charge in [-0.05, 0) is 0 Å². The number of hydrogen-bond acceptors (Lipinski definition) is 1. The molecule has 0 fully saturated rings. The molecule has 138 valence electrons. The average molecular weight is 432 g/mol. The van der Waals surface area contributed by atoms with Gasteiger partial charge >= 0.3 is 176 Å². The zero-order chi connectivity index (χ0) is 19.6. The van der Waals surface area contributed by atoms with Crippen molar-refractivity contribution < 1.29 is 0 Å². The molecule has 2 heterocycles. The van der Waals surface area contributed by atoms with E-state index in [4.69, 9.17) is 0 Å². The van der Waals surface area contributed by atoms with Gasteiger partial charge in [0.1, 0.15) is 0 Å². The van der Waals surface area contributed by atoms with E-state index in [1.54, 1.807) is 8.79 Å². The van der Waals surface area contributed by atoms with Crippen LogP contribution in [0.4, 0.5) is 17.1 Å². The first-order valence-corrected chi connectivity index (χ1v) is 16.6. The number of fused-ring (bicyclic) bond motifs is 4. The Bertz CT molecular complexity index is 1250. The standard InChI is InChI=1S/C26H22BGeN/c1-28(2)22-15-7-9-18-25(22)29-24-17-8-6-13-20(24)27(19-11-4-3-5-12-19)21-14-10-16-23(28)26(21)29/h3-18H,1-2H3. The normalized spacial score (nSPS) is 15.4. The van der Waals surface area contributed by atoms with Gasteiger partial charge in [0.05, 0.1) is 0 Å². The van der Waals surface area contributed by atoms with Crippen LogP contribution in [0.5, 0.6) is 0 Å². The first kappa shape index (κ1) is 17.2. The summed E-state index contributed by atoms with van der Waals surface area (Å²) < 4.78 is 3.17. The van der Waals surface area contributed by atoms with Crippen LogP contribution in [0.25, 0.3) is 0 Å². The Labute approximate surface area is 175 Å². The van der Waals surface area contributed by atoms with Gasteiger partial charge in [-0.2, -0.15) is 0 Å². The molecule has 0 saturated heterocycles. The molecule has 0 aromatic heterocycles. The molecule has 0 radical (unpaired) electrons. The summed E-state index contributed by atoms with van der Waals surface area (Å²) in [5, 5.41) is 0. The van der Waals surface area contributed by atoms with Gasteiger partial charge in [-0.3, -0.25) is 0 Å². The van der Waals surface area contributed by atoms with Crippen molar-refractivity contribution in [3.05, 3.63) is 97.1 Å². The second-order valence-electron chi connectivity index (χ2n) is 8.62. The molecular formula is C26H22BGeN. The SMILES string of the molecule is [CH3][Ge]1([CH3])[c]2ccccc2N2c3ccccc3B(c3ccccc3)c3ccc[c]1c32. The van der Waals surface area contributed by atoms with Gasteiger partial charge in [0.15, 0.2) is 0 Å². The molecule has 0 spiro atoms. The van der Waals surface area contributed by atoms with Crippen LogP contribution in [-0.2, 0) is 0 Å². The molecule has 6 rings (SSSR count). The Morgan fingerprint density at radius 2 is 1.21 bits per heavy atom. The monoisotopic (exact) mass is 433 g/mol. The minimum atomic E-state index is -2.39. The van der Waals surface area contributed by atoms with Crippen LogP contribution < -0.4 is 30.1 Å². The summed E-state index contributed by atoms with van der Waals surface area (Å²) in [6.45, 7) is 0.280. The van der Waals surface area contributed by atoms with Crippen molar-refractivity contribution in [1.29, 1.82) is 0 Å². The topological polar surface area (TPSA) is 3.24 Å². The van der Waals surface area contributed by atoms with E-state index in [0.717, 1.165) is 0 Å². The van der Waals surface area contributed by atoms with Crippen LogP contribution in [0.3, 0.4) is 0 Å². The summed E-state index contributed by atoms with van der Waals surface area (Å²) in [6, 6.07) is 36.1. The molecule has 0 atom stereocenters. The van der Waals surface area contributed by atoms with Gasteiger partial charge in [-0.15, -0.1) is 0 Å². The summed E-state index contributed by atoms with van der Waals surface area (Å²) in [5.74, 6) is 5.09. The summed E-state index contributed by atoms with van der Waals surface area (Å²) in [4.78, 5) is 2.55. The van der Waals surface area contributed by atoms with Crippen molar-refractivity contribution in [3.8, 4) is 0 Å². The molecule has 0 N–H and O–H groups in total. The van der Waals surface area contributed by atoms with Gasteiger partial charge in [0.25, 0.3) is 0 Å². The van der Waals surface area contributed by atoms with E-state index < -0.39 is 13.3 Å². The first-order valence-electron chi connectivity index (χ1n) is 10.3. The Morgan fingerprint density at radius 1 is 0.586 bits per heavy atom. The molecule has 0 bridgehead atoms. The van der Waals surface area contributed by atoms with E-state index in [1.807, 2.05) is 0 Å². The average Bonchev–Trinajstić information content (AvgIpc) is 2.77. The molecule has 29 heavy (non-hydrogen) atoms. The van der Waals surface area contributed by atoms with Crippen molar-refractivity contribution >= 4 is 62.2 Å². The molecule has 4 aromatic rings. The molecule has 4 aromatic carbocycles. The fourth-order valence-corrected chi connectivity index (χ4v) is 11.7. The Balaban J connectivity index is 1.74. The molecule has 3 heteroatoms. The van der Waals surface area contributed by atoms with Gasteiger partial charge in [-0.1, -0.05) is 0 Å². The molecule has 0 unspecified atom stereocenters. The van der Waals surface area contributed by atoms with Crippen molar-refractivity contribution in [3.63, 3.8) is 0 Å². The Morgan fingerprint density at radius 3 is 2.03 bits per heavy atom. The number of rotatable bonds is 1. The molecule has 2 aliphatic heterocycles. The Kier molecular flexibility index (Phi) is 3.64. The maximum atomic E-state index is 2.55. The van der Waals surface area contributed by atoms with E-state index in [0.29, 0.717) is 0 Å². The number of benzene rings is 4. The van der Waals surface area contributed by atoms with Crippen molar-refractivity contribution in [2.75, 3.05) is 4.90 Å². The van der Waals surface area contributed by atoms with Crippen LogP contribution in [0.15, 0.2) is 97.1 Å². The van der Waals surface area contributed by atoms with Gasteiger partial charge < -0.3 is 0 Å². The van der Waals surface area contributed by atoms with E-state index in [1.165, 1.54) is 33.5 Å². The first-order chi connectivity index (χ1) is 14.2. The number of nitrogens with zero attached hydrogens (tertiary/aromatic N) is 1. The Hall–Kier alpha value is -2.71. The third kappa shape index (κ3) is 2.30. The van der Waals surface area contributed by atoms with Crippen LogP contribution in [-0.4, -0.2) is 20.0 Å². The van der Waals surface area contributed by atoms with Crippen LogP contribution in [0.1, 0.15) is 0 Å². The molecule has 0 amide bonds. The second-order valence-corrected chi connectivity index (χ2v) is 17.7. The third-order valence-electron chi connectivity index (χ3n) is 6.72. The number of anilines is 3. The summed E-state index contributed by atoms with van der Waals surface area (Å²) in [5.41, 5.74) is 8.37. The fraction of sp³-hybridized carbons (Fsp3) is 0.0769. The number of hydrogen-bond donors (Lipinski definition) is 0. The molecular weight excluding hydrogens is 410 g/mol. The van der Waals surface area contributed by atoms with Gasteiger partial charge in [-0.25, -0.2) is 0 Å². The zero-order valence-corrected chi connectivity index (χ0v) is 18.9. The predicted molar refractivity (Wildman–Crippen MR) is 129 cm³/mol. The molecule has 2 aliphatic rings. The second kappa shape index (κ2) is 6.14. The third-order valence-corrected chi connectivity index (χ3v) is 14.1. The summed E-state index contributed by atoms with van der Waals surface area (Å²) in [7, 11) is 0. The van der Waals surface area contributed by atoms with Crippen molar-refractivity contribution in [2.24, 2.45) is 0 Å². The van der Waals surface area contributed by atoms with Crippen LogP contribution >= 0.6 is 0 Å². The molecule has 0 saturated carbocycles. The maximum absolute atomic E-state index is 2.55. The van der Waals surface area contributed by atoms with E-state index in [-0.39, 0.29) is 6.71 Å². The zero-order valence-electron chi connectivity index (χ0n) is 16.8. The number of para-hydroxylation sites is 3. The van der Waals surface area contributed by atoms with Crippen LogP contribution in [0, 0.1) is 0 Å². The van der Waals surface area contributed by atoms with E-state index in [9.17, 15) is 0 Å². The van der Waals surface area contributed by atoms with E-state index >= 15 is 0 Å². The van der Waals surface area contributed by atoms with E-state index in [2.05, 4.69) is 113 Å². The van der Waals surface area contributed by atoms with Crippen LogP contribution in [0.2, 0.25) is 11.5 Å². The van der Waals surface area contributed by atoms with Crippen molar-refractivity contribution in [1.82, 2.24) is 0 Å². The van der Waals surface area contributed by atoms with Gasteiger partial charge in [0.2, 0.25) is 0 Å². The summed E-state index contributed by atoms with van der Waals surface area (Å²) in [6.07, 6.45) is 0. The quantitative estimate of drug-likeness (QED) is 0.369. The molecule has 1 nitrogen and oxygen atoms in total. The minimum absolute atomic E-state index is 0.280. The fourth-order valence-electron chi connectivity index (χ4n) is 5.37. The molecule has 0 aliphatic carbocycles.